The van der Waals surface area contributed by atoms with Gasteiger partial charge in [0.15, 0.2) is 5.65 Å². The summed E-state index contributed by atoms with van der Waals surface area (Å²) in [5.41, 5.74) is 3.23. The van der Waals surface area contributed by atoms with Crippen molar-refractivity contribution < 1.29 is 0 Å². The maximum absolute atomic E-state index is 12.9. The molecule has 138 valence electrons. The predicted octanol–water partition coefficient (Wildman–Crippen LogP) is 3.92. The Morgan fingerprint density at radius 3 is 2.68 bits per heavy atom. The van der Waals surface area contributed by atoms with Crippen LogP contribution in [-0.4, -0.2) is 25.6 Å². The lowest BCUT2D eigenvalue weighted by Crippen LogP contribution is -2.28. The number of aromatic amines is 1. The lowest BCUT2D eigenvalue weighted by Gasteiger charge is -2.23. The molecule has 1 aliphatic heterocycles. The summed E-state index contributed by atoms with van der Waals surface area (Å²) in [6, 6.07) is 18.0. The molecule has 0 saturated carbocycles. The molecule has 1 atom stereocenters. The summed E-state index contributed by atoms with van der Waals surface area (Å²) in [4.78, 5) is 27.0. The Bertz CT molecular complexity index is 1310. The van der Waals surface area contributed by atoms with E-state index >= 15 is 0 Å². The van der Waals surface area contributed by atoms with Gasteiger partial charge in [-0.15, -0.1) is 0 Å². The van der Waals surface area contributed by atoms with Crippen LogP contribution in [0, 0.1) is 4.64 Å². The van der Waals surface area contributed by atoms with Gasteiger partial charge in [0.25, 0.3) is 5.56 Å². The topological polar surface area (TPSA) is 66.8 Å². The van der Waals surface area contributed by atoms with Crippen LogP contribution in [0.5, 0.6) is 0 Å². The number of hydrogen-bond acceptors (Lipinski definition) is 5. The molecule has 0 bridgehead atoms. The molecule has 1 N–H and O–H groups in total. The lowest BCUT2D eigenvalue weighted by molar-refractivity contribution is 0.739. The van der Waals surface area contributed by atoms with Crippen molar-refractivity contribution in [1.82, 2.24) is 19.5 Å². The van der Waals surface area contributed by atoms with Gasteiger partial charge in [0, 0.05) is 17.4 Å². The molecular formula is C21H17N5OS. The normalized spacial score (nSPS) is 15.8. The first-order valence-electron chi connectivity index (χ1n) is 9.08. The molecule has 0 unspecified atom stereocenters. The van der Waals surface area contributed by atoms with Gasteiger partial charge in [-0.3, -0.25) is 14.3 Å². The van der Waals surface area contributed by atoms with Crippen molar-refractivity contribution in [3.8, 4) is 5.69 Å². The van der Waals surface area contributed by atoms with Crippen molar-refractivity contribution in [2.24, 2.45) is 0 Å². The summed E-state index contributed by atoms with van der Waals surface area (Å²) in [6.07, 6.45) is 2.53. The molecular weight excluding hydrogens is 370 g/mol. The van der Waals surface area contributed by atoms with E-state index in [0.717, 1.165) is 17.8 Å². The molecule has 0 fully saturated rings. The van der Waals surface area contributed by atoms with Crippen LogP contribution in [0.3, 0.4) is 0 Å². The minimum Gasteiger partial charge on any atom is -0.309 e. The number of hydrogen-bond donors (Lipinski definition) is 1. The maximum Gasteiger partial charge on any atom is 0.264 e. The third kappa shape index (κ3) is 2.55. The lowest BCUT2D eigenvalue weighted by atomic mass is 10.1. The van der Waals surface area contributed by atoms with Gasteiger partial charge >= 0.3 is 0 Å². The molecule has 2 aromatic carbocycles. The van der Waals surface area contributed by atoms with E-state index in [2.05, 4.69) is 32.8 Å². The molecule has 4 aromatic rings. The first kappa shape index (κ1) is 16.8. The molecule has 28 heavy (non-hydrogen) atoms. The van der Waals surface area contributed by atoms with Crippen LogP contribution in [-0.2, 0) is 6.42 Å². The smallest absolute Gasteiger partial charge is 0.264 e. The Morgan fingerprint density at radius 1 is 1.11 bits per heavy atom. The minimum absolute atomic E-state index is 0.193. The molecule has 0 spiro atoms. The fourth-order valence-electron chi connectivity index (χ4n) is 3.80. The fraction of sp³-hybridized carbons (Fsp3) is 0.143. The molecule has 2 aromatic heterocycles. The summed E-state index contributed by atoms with van der Waals surface area (Å²) >= 11 is 5.58. The monoisotopic (exact) mass is 387 g/mol. The zero-order valence-corrected chi connectivity index (χ0v) is 16.0. The average Bonchev–Trinajstić information content (AvgIpc) is 3.04. The summed E-state index contributed by atoms with van der Waals surface area (Å²) in [5, 5.41) is 0.324. The standard InChI is InChI=1S/C21H17N5OS/c1-13-11-14-7-5-6-10-16(14)26(13)21-23-18-17(19(27)24-21)20(28)25(12-22-18)15-8-3-2-4-9-15/h2-10,12-13H,11H2,1H3,(H,23,24,27)/t13-/m1/s1. The quantitative estimate of drug-likeness (QED) is 0.528. The summed E-state index contributed by atoms with van der Waals surface area (Å²) in [5.74, 6) is 0.495. The van der Waals surface area contributed by atoms with E-state index < -0.39 is 0 Å². The summed E-state index contributed by atoms with van der Waals surface area (Å²) in [7, 11) is 0. The average molecular weight is 387 g/mol. The van der Waals surface area contributed by atoms with Gasteiger partial charge in [0.2, 0.25) is 5.95 Å². The van der Waals surface area contributed by atoms with Crippen molar-refractivity contribution in [2.45, 2.75) is 19.4 Å². The van der Waals surface area contributed by atoms with E-state index in [9.17, 15) is 4.79 Å². The number of benzene rings is 2. The van der Waals surface area contributed by atoms with Crippen molar-refractivity contribution in [3.05, 3.63) is 81.5 Å². The Labute approximate surface area is 166 Å². The number of nitrogens with one attached hydrogen (secondary N) is 1. The first-order chi connectivity index (χ1) is 13.6. The minimum atomic E-state index is -0.278. The Morgan fingerprint density at radius 2 is 1.86 bits per heavy atom. The van der Waals surface area contributed by atoms with E-state index in [0.29, 0.717) is 21.6 Å². The Balaban J connectivity index is 1.69. The zero-order valence-electron chi connectivity index (χ0n) is 15.2. The number of aromatic nitrogens is 4. The van der Waals surface area contributed by atoms with Gasteiger partial charge in [0.1, 0.15) is 16.4 Å². The number of H-pyrrole nitrogens is 1. The van der Waals surface area contributed by atoms with Crippen LogP contribution in [0.4, 0.5) is 11.6 Å². The van der Waals surface area contributed by atoms with Crippen LogP contribution in [0.2, 0.25) is 0 Å². The molecule has 1 aliphatic rings. The van der Waals surface area contributed by atoms with E-state index in [1.165, 1.54) is 5.56 Å². The van der Waals surface area contributed by atoms with Gasteiger partial charge in [0.05, 0.1) is 0 Å². The maximum atomic E-state index is 12.9. The summed E-state index contributed by atoms with van der Waals surface area (Å²) < 4.78 is 2.12. The van der Waals surface area contributed by atoms with Crippen LogP contribution >= 0.6 is 12.2 Å². The number of rotatable bonds is 2. The molecule has 0 saturated heterocycles. The van der Waals surface area contributed by atoms with Gasteiger partial charge in [-0.2, -0.15) is 4.98 Å². The molecule has 0 amide bonds. The second-order valence-corrected chi connectivity index (χ2v) is 7.28. The Kier molecular flexibility index (Phi) is 3.84. The SMILES string of the molecule is C[C@@H]1Cc2ccccc2N1c1nc2ncn(-c3ccccc3)c(=S)c2c(=O)[nH]1. The predicted molar refractivity (Wildman–Crippen MR) is 112 cm³/mol. The number of fused-ring (bicyclic) bond motifs is 2. The van der Waals surface area contributed by atoms with Crippen molar-refractivity contribution in [1.29, 1.82) is 0 Å². The zero-order chi connectivity index (χ0) is 19.3. The third-order valence-electron chi connectivity index (χ3n) is 5.09. The molecule has 7 heteroatoms. The van der Waals surface area contributed by atoms with Crippen LogP contribution in [0.1, 0.15) is 12.5 Å². The van der Waals surface area contributed by atoms with Gasteiger partial charge in [-0.1, -0.05) is 48.6 Å². The second kappa shape index (κ2) is 6.38. The van der Waals surface area contributed by atoms with Gasteiger partial charge in [-0.25, -0.2) is 4.98 Å². The van der Waals surface area contributed by atoms with E-state index in [1.807, 2.05) is 48.5 Å². The highest BCUT2D eigenvalue weighted by Crippen LogP contribution is 2.36. The highest BCUT2D eigenvalue weighted by atomic mass is 32.1. The molecule has 6 nitrogen and oxygen atoms in total. The molecule has 0 aliphatic carbocycles. The molecule has 3 heterocycles. The third-order valence-corrected chi connectivity index (χ3v) is 5.49. The highest BCUT2D eigenvalue weighted by Gasteiger charge is 2.29. The molecule has 5 rings (SSSR count). The number of para-hydroxylation sites is 2. The molecule has 0 radical (unpaired) electrons. The van der Waals surface area contributed by atoms with Gasteiger partial charge in [-0.05, 0) is 37.1 Å². The highest BCUT2D eigenvalue weighted by molar-refractivity contribution is 7.71. The van der Waals surface area contributed by atoms with E-state index in [-0.39, 0.29) is 11.6 Å². The van der Waals surface area contributed by atoms with Crippen molar-refractivity contribution in [2.75, 3.05) is 4.90 Å². The van der Waals surface area contributed by atoms with E-state index in [1.54, 1.807) is 10.9 Å². The van der Waals surface area contributed by atoms with Crippen molar-refractivity contribution >= 4 is 34.9 Å². The van der Waals surface area contributed by atoms with Gasteiger partial charge < -0.3 is 4.90 Å². The first-order valence-corrected chi connectivity index (χ1v) is 9.48. The summed E-state index contributed by atoms with van der Waals surface area (Å²) in [6.45, 7) is 2.12. The number of anilines is 2. The second-order valence-electron chi connectivity index (χ2n) is 6.90. The Hall–Kier alpha value is -3.32. The van der Waals surface area contributed by atoms with Crippen LogP contribution in [0.15, 0.2) is 65.7 Å². The van der Waals surface area contributed by atoms with Crippen LogP contribution < -0.4 is 10.5 Å². The number of nitrogens with zero attached hydrogens (tertiary/aromatic N) is 4. The van der Waals surface area contributed by atoms with E-state index in [4.69, 9.17) is 12.2 Å². The van der Waals surface area contributed by atoms with Crippen molar-refractivity contribution in [3.63, 3.8) is 0 Å². The van der Waals surface area contributed by atoms with Crippen LogP contribution in [0.25, 0.3) is 16.7 Å². The largest absolute Gasteiger partial charge is 0.309 e. The fourth-order valence-corrected chi connectivity index (χ4v) is 4.13.